The van der Waals surface area contributed by atoms with Crippen LogP contribution in [0, 0.1) is 13.8 Å². The van der Waals surface area contributed by atoms with Gasteiger partial charge in [0.1, 0.15) is 5.82 Å². The van der Waals surface area contributed by atoms with Gasteiger partial charge >= 0.3 is 0 Å². The molecule has 0 aromatic carbocycles. The van der Waals surface area contributed by atoms with Crippen LogP contribution >= 0.6 is 15.9 Å². The molecule has 0 saturated heterocycles. The fourth-order valence-corrected chi connectivity index (χ4v) is 2.06. The first-order chi connectivity index (χ1) is 8.08. The summed E-state index contributed by atoms with van der Waals surface area (Å²) in [5.74, 6) is 0.568. The molecule has 0 aliphatic rings. The summed E-state index contributed by atoms with van der Waals surface area (Å²) in [6.45, 7) is 5.81. The SMILES string of the molecule is Cc1nn(CCCn2ccc(N)n2)c(C)c1Br. The lowest BCUT2D eigenvalue weighted by molar-refractivity contribution is 0.493. The van der Waals surface area contributed by atoms with Gasteiger partial charge in [0.15, 0.2) is 0 Å². The second-order valence-corrected chi connectivity index (χ2v) is 4.86. The molecule has 0 bridgehead atoms. The molecule has 0 aliphatic carbocycles. The van der Waals surface area contributed by atoms with Gasteiger partial charge in [-0.3, -0.25) is 9.36 Å². The lowest BCUT2D eigenvalue weighted by Gasteiger charge is -2.04. The number of halogens is 1. The molecule has 2 heterocycles. The van der Waals surface area contributed by atoms with E-state index in [4.69, 9.17) is 5.73 Å². The summed E-state index contributed by atoms with van der Waals surface area (Å²) < 4.78 is 4.98. The van der Waals surface area contributed by atoms with Gasteiger partial charge in [-0.1, -0.05) is 0 Å². The van der Waals surface area contributed by atoms with Crippen LogP contribution in [-0.4, -0.2) is 19.6 Å². The third-order valence-electron chi connectivity index (χ3n) is 2.71. The van der Waals surface area contributed by atoms with Gasteiger partial charge in [0.05, 0.1) is 10.2 Å². The molecule has 2 aromatic rings. The Bertz CT molecular complexity index is 514. The Morgan fingerprint density at radius 1 is 1.29 bits per heavy atom. The van der Waals surface area contributed by atoms with E-state index >= 15 is 0 Å². The molecule has 92 valence electrons. The Balaban J connectivity index is 1.92. The molecule has 6 heteroatoms. The fraction of sp³-hybridized carbons (Fsp3) is 0.455. The monoisotopic (exact) mass is 297 g/mol. The van der Waals surface area contributed by atoms with E-state index in [0.29, 0.717) is 5.82 Å². The summed E-state index contributed by atoms with van der Waals surface area (Å²) in [7, 11) is 0. The molecule has 0 amide bonds. The van der Waals surface area contributed by atoms with Gasteiger partial charge in [0, 0.05) is 25.0 Å². The van der Waals surface area contributed by atoms with E-state index in [0.717, 1.165) is 29.7 Å². The average Bonchev–Trinajstić information content (AvgIpc) is 2.80. The van der Waals surface area contributed by atoms with E-state index in [1.807, 2.05) is 22.5 Å². The van der Waals surface area contributed by atoms with Crippen LogP contribution in [0.4, 0.5) is 5.82 Å². The predicted octanol–water partition coefficient (Wildman–Crippen LogP) is 2.13. The lowest BCUT2D eigenvalue weighted by Crippen LogP contribution is -2.07. The Labute approximate surface area is 109 Å². The number of nitrogens with two attached hydrogens (primary N) is 1. The van der Waals surface area contributed by atoms with E-state index in [2.05, 4.69) is 33.1 Å². The van der Waals surface area contributed by atoms with Crippen LogP contribution in [0.1, 0.15) is 17.8 Å². The van der Waals surface area contributed by atoms with Gasteiger partial charge in [-0.25, -0.2) is 0 Å². The quantitative estimate of drug-likeness (QED) is 0.940. The summed E-state index contributed by atoms with van der Waals surface area (Å²) in [6, 6.07) is 1.81. The zero-order valence-electron chi connectivity index (χ0n) is 10.0. The number of nitrogens with zero attached hydrogens (tertiary/aromatic N) is 4. The highest BCUT2D eigenvalue weighted by atomic mass is 79.9. The maximum atomic E-state index is 5.55. The summed E-state index contributed by atoms with van der Waals surface area (Å²) in [6.07, 6.45) is 2.88. The van der Waals surface area contributed by atoms with Crippen molar-refractivity contribution in [1.82, 2.24) is 19.6 Å². The number of rotatable bonds is 4. The molecular formula is C11H16BrN5. The summed E-state index contributed by atoms with van der Waals surface area (Å²) in [4.78, 5) is 0. The van der Waals surface area contributed by atoms with Crippen LogP contribution in [0.25, 0.3) is 0 Å². The van der Waals surface area contributed by atoms with Crippen molar-refractivity contribution in [2.24, 2.45) is 0 Å². The van der Waals surface area contributed by atoms with Gasteiger partial charge in [-0.2, -0.15) is 10.2 Å². The number of anilines is 1. The van der Waals surface area contributed by atoms with Gasteiger partial charge in [0.25, 0.3) is 0 Å². The van der Waals surface area contributed by atoms with Crippen molar-refractivity contribution in [1.29, 1.82) is 0 Å². The van der Waals surface area contributed by atoms with Gasteiger partial charge in [-0.15, -0.1) is 0 Å². The molecule has 0 aliphatic heterocycles. The van der Waals surface area contributed by atoms with Crippen molar-refractivity contribution < 1.29 is 0 Å². The molecule has 2 aromatic heterocycles. The summed E-state index contributed by atoms with van der Waals surface area (Å²) in [5, 5.41) is 8.60. The minimum Gasteiger partial charge on any atom is -0.382 e. The zero-order valence-corrected chi connectivity index (χ0v) is 11.6. The highest BCUT2D eigenvalue weighted by Crippen LogP contribution is 2.19. The Morgan fingerprint density at radius 3 is 2.59 bits per heavy atom. The van der Waals surface area contributed by atoms with E-state index in [1.165, 1.54) is 5.69 Å². The van der Waals surface area contributed by atoms with Crippen molar-refractivity contribution in [2.75, 3.05) is 5.73 Å². The van der Waals surface area contributed by atoms with E-state index in [9.17, 15) is 0 Å². The average molecular weight is 298 g/mol. The molecule has 0 atom stereocenters. The number of hydrogen-bond acceptors (Lipinski definition) is 3. The Hall–Kier alpha value is -1.30. The van der Waals surface area contributed by atoms with Gasteiger partial charge in [-0.05, 0) is 42.3 Å². The van der Waals surface area contributed by atoms with Crippen molar-refractivity contribution in [3.63, 3.8) is 0 Å². The van der Waals surface area contributed by atoms with Crippen LogP contribution in [0.3, 0.4) is 0 Å². The van der Waals surface area contributed by atoms with Crippen molar-refractivity contribution in [3.8, 4) is 0 Å². The highest BCUT2D eigenvalue weighted by Gasteiger charge is 2.07. The largest absolute Gasteiger partial charge is 0.382 e. The third-order valence-corrected chi connectivity index (χ3v) is 3.86. The van der Waals surface area contributed by atoms with Crippen molar-refractivity contribution >= 4 is 21.7 Å². The van der Waals surface area contributed by atoms with Crippen LogP contribution < -0.4 is 5.73 Å². The van der Waals surface area contributed by atoms with Crippen LogP contribution in [0.5, 0.6) is 0 Å². The molecule has 0 fully saturated rings. The second-order valence-electron chi connectivity index (χ2n) is 4.07. The smallest absolute Gasteiger partial charge is 0.145 e. The lowest BCUT2D eigenvalue weighted by atomic mass is 10.4. The summed E-state index contributed by atoms with van der Waals surface area (Å²) in [5.41, 5.74) is 7.76. The maximum absolute atomic E-state index is 5.55. The van der Waals surface area contributed by atoms with Gasteiger partial charge < -0.3 is 5.73 Å². The van der Waals surface area contributed by atoms with Crippen LogP contribution in [-0.2, 0) is 13.1 Å². The molecule has 0 spiro atoms. The standard InChI is InChI=1S/C11H16BrN5/c1-8-11(12)9(2)17(14-8)6-3-5-16-7-4-10(13)15-16/h4,7H,3,5-6H2,1-2H3,(H2,13,15). The topological polar surface area (TPSA) is 61.7 Å². The molecule has 5 nitrogen and oxygen atoms in total. The van der Waals surface area contributed by atoms with E-state index < -0.39 is 0 Å². The van der Waals surface area contributed by atoms with Crippen molar-refractivity contribution in [2.45, 2.75) is 33.4 Å². The minimum absolute atomic E-state index is 0.568. The first-order valence-corrected chi connectivity index (χ1v) is 6.35. The molecule has 2 N–H and O–H groups in total. The molecule has 2 rings (SSSR count). The molecule has 0 radical (unpaired) electrons. The second kappa shape index (κ2) is 4.91. The number of nitrogen functional groups attached to an aromatic ring is 1. The number of hydrogen-bond donors (Lipinski definition) is 1. The summed E-state index contributed by atoms with van der Waals surface area (Å²) >= 11 is 3.52. The Kier molecular flexibility index (Phi) is 3.51. The van der Waals surface area contributed by atoms with Gasteiger partial charge in [0.2, 0.25) is 0 Å². The fourth-order valence-electron chi connectivity index (χ4n) is 1.78. The first kappa shape index (κ1) is 12.2. The first-order valence-electron chi connectivity index (χ1n) is 5.56. The minimum atomic E-state index is 0.568. The zero-order chi connectivity index (χ0) is 12.4. The number of aryl methyl sites for hydroxylation is 3. The molecule has 17 heavy (non-hydrogen) atoms. The molecular weight excluding hydrogens is 282 g/mol. The van der Waals surface area contributed by atoms with E-state index in [-0.39, 0.29) is 0 Å². The number of aromatic nitrogens is 4. The Morgan fingerprint density at radius 2 is 2.06 bits per heavy atom. The predicted molar refractivity (Wildman–Crippen MR) is 70.7 cm³/mol. The highest BCUT2D eigenvalue weighted by molar-refractivity contribution is 9.10. The van der Waals surface area contributed by atoms with Crippen LogP contribution in [0.15, 0.2) is 16.7 Å². The van der Waals surface area contributed by atoms with E-state index in [1.54, 1.807) is 6.07 Å². The van der Waals surface area contributed by atoms with Crippen molar-refractivity contribution in [3.05, 3.63) is 28.1 Å². The molecule has 0 unspecified atom stereocenters. The molecule has 0 saturated carbocycles. The maximum Gasteiger partial charge on any atom is 0.145 e. The van der Waals surface area contributed by atoms with Crippen LogP contribution in [0.2, 0.25) is 0 Å². The normalized spacial score (nSPS) is 11.0. The third kappa shape index (κ3) is 2.69.